The second kappa shape index (κ2) is 7.30. The average molecular weight is 285 g/mol. The Morgan fingerprint density at radius 2 is 1.90 bits per heavy atom. The second-order valence-corrected chi connectivity index (χ2v) is 7.15. The van der Waals surface area contributed by atoms with Gasteiger partial charge in [0.15, 0.2) is 0 Å². The van der Waals surface area contributed by atoms with Crippen LogP contribution in [0.4, 0.5) is 4.79 Å². The minimum atomic E-state index is -0.822. The summed E-state index contributed by atoms with van der Waals surface area (Å²) < 4.78 is 5.84. The molecule has 0 saturated heterocycles. The Labute approximate surface area is 123 Å². The highest BCUT2D eigenvalue weighted by molar-refractivity contribution is 5.66. The first-order chi connectivity index (χ1) is 9.31. The molecule has 0 radical (unpaired) electrons. The van der Waals surface area contributed by atoms with Crippen molar-refractivity contribution < 1.29 is 14.6 Å². The third-order valence-electron chi connectivity index (χ3n) is 4.25. The van der Waals surface area contributed by atoms with Crippen molar-refractivity contribution in [3.8, 4) is 0 Å². The van der Waals surface area contributed by atoms with Crippen LogP contribution in [0.5, 0.6) is 0 Å². The van der Waals surface area contributed by atoms with E-state index in [-0.39, 0.29) is 11.0 Å². The Balaban J connectivity index is 2.67. The molecule has 0 aromatic heterocycles. The number of rotatable bonds is 7. The Morgan fingerprint density at radius 1 is 1.30 bits per heavy atom. The van der Waals surface area contributed by atoms with Gasteiger partial charge in [-0.2, -0.15) is 0 Å². The minimum absolute atomic E-state index is 0.0272. The van der Waals surface area contributed by atoms with Crippen molar-refractivity contribution in [2.45, 2.75) is 71.8 Å². The molecule has 4 nitrogen and oxygen atoms in total. The molecule has 1 saturated carbocycles. The molecular weight excluding hydrogens is 254 g/mol. The van der Waals surface area contributed by atoms with Gasteiger partial charge in [-0.15, -0.1) is 0 Å². The van der Waals surface area contributed by atoms with Gasteiger partial charge >= 0.3 is 6.09 Å². The quantitative estimate of drug-likeness (QED) is 0.715. The molecule has 0 heterocycles. The lowest BCUT2D eigenvalue weighted by Crippen LogP contribution is -2.51. The van der Waals surface area contributed by atoms with Crippen molar-refractivity contribution in [2.24, 2.45) is 5.41 Å². The number of amides is 1. The first-order valence-corrected chi connectivity index (χ1v) is 7.89. The van der Waals surface area contributed by atoms with Crippen molar-refractivity contribution in [3.05, 3.63) is 0 Å². The monoisotopic (exact) mass is 285 g/mol. The van der Waals surface area contributed by atoms with E-state index in [1.54, 1.807) is 4.90 Å². The van der Waals surface area contributed by atoms with E-state index in [9.17, 15) is 9.90 Å². The molecule has 1 aliphatic carbocycles. The lowest BCUT2D eigenvalue weighted by Gasteiger charge is -2.40. The van der Waals surface area contributed by atoms with Gasteiger partial charge in [0, 0.05) is 24.1 Å². The Hall–Kier alpha value is -0.770. The highest BCUT2D eigenvalue weighted by atomic mass is 16.5. The van der Waals surface area contributed by atoms with Crippen LogP contribution in [-0.4, -0.2) is 41.4 Å². The second-order valence-electron chi connectivity index (χ2n) is 7.15. The highest BCUT2D eigenvalue weighted by Crippen LogP contribution is 2.40. The molecule has 20 heavy (non-hydrogen) atoms. The van der Waals surface area contributed by atoms with Crippen LogP contribution < -0.4 is 0 Å². The fourth-order valence-electron chi connectivity index (χ4n) is 2.94. The van der Waals surface area contributed by atoms with Crippen LogP contribution in [0.3, 0.4) is 0 Å². The van der Waals surface area contributed by atoms with Gasteiger partial charge in [0.2, 0.25) is 0 Å². The predicted octanol–water partition coefficient (Wildman–Crippen LogP) is 4.14. The summed E-state index contributed by atoms with van der Waals surface area (Å²) in [7, 11) is 0. The average Bonchev–Trinajstić information content (AvgIpc) is 2.79. The molecule has 1 fully saturated rings. The maximum Gasteiger partial charge on any atom is 0.407 e. The Kier molecular flexibility index (Phi) is 6.31. The number of carboxylic acid groups (broad SMARTS) is 1. The lowest BCUT2D eigenvalue weighted by molar-refractivity contribution is 0.00451. The van der Waals surface area contributed by atoms with Gasteiger partial charge in [0.1, 0.15) is 0 Å². The summed E-state index contributed by atoms with van der Waals surface area (Å²) in [4.78, 5) is 13.1. The van der Waals surface area contributed by atoms with Gasteiger partial charge < -0.3 is 14.7 Å². The van der Waals surface area contributed by atoms with Crippen molar-refractivity contribution in [3.63, 3.8) is 0 Å². The molecule has 4 heteroatoms. The molecule has 0 aliphatic heterocycles. The Bertz CT molecular complexity index is 303. The summed E-state index contributed by atoms with van der Waals surface area (Å²) in [5.41, 5.74) is -0.329. The highest BCUT2D eigenvalue weighted by Gasteiger charge is 2.40. The molecule has 0 atom stereocenters. The summed E-state index contributed by atoms with van der Waals surface area (Å²) >= 11 is 0. The van der Waals surface area contributed by atoms with E-state index in [0.29, 0.717) is 13.2 Å². The summed E-state index contributed by atoms with van der Waals surface area (Å²) in [5, 5.41) is 9.48. The van der Waals surface area contributed by atoms with Crippen molar-refractivity contribution in [2.75, 3.05) is 19.8 Å². The largest absolute Gasteiger partial charge is 0.465 e. The van der Waals surface area contributed by atoms with E-state index >= 15 is 0 Å². The minimum Gasteiger partial charge on any atom is -0.465 e. The standard InChI is InChI=1S/C16H31NO3/c1-5-6-11-20-13-16(9-7-8-10-16)12-17(14(18)19)15(2,3)4/h5-13H2,1-4H3,(H,18,19). The Morgan fingerprint density at radius 3 is 2.35 bits per heavy atom. The first kappa shape index (κ1) is 17.3. The number of hydrogen-bond donors (Lipinski definition) is 1. The van der Waals surface area contributed by atoms with Crippen LogP contribution in [0.1, 0.15) is 66.2 Å². The number of ether oxygens (including phenoxy) is 1. The first-order valence-electron chi connectivity index (χ1n) is 7.89. The van der Waals surface area contributed by atoms with Crippen molar-refractivity contribution >= 4 is 6.09 Å². The molecule has 1 N–H and O–H groups in total. The fraction of sp³-hybridized carbons (Fsp3) is 0.938. The maximum absolute atomic E-state index is 11.5. The molecule has 1 amide bonds. The van der Waals surface area contributed by atoms with Gasteiger partial charge in [-0.1, -0.05) is 26.2 Å². The van der Waals surface area contributed by atoms with Crippen LogP contribution in [0.2, 0.25) is 0 Å². The van der Waals surface area contributed by atoms with E-state index in [0.717, 1.165) is 32.3 Å². The van der Waals surface area contributed by atoms with Crippen LogP contribution in [0.25, 0.3) is 0 Å². The summed E-state index contributed by atoms with van der Waals surface area (Å²) in [6.07, 6.45) is 5.94. The summed E-state index contributed by atoms with van der Waals surface area (Å²) in [5.74, 6) is 0. The molecule has 118 valence electrons. The van der Waals surface area contributed by atoms with E-state index in [2.05, 4.69) is 6.92 Å². The zero-order valence-electron chi connectivity index (χ0n) is 13.6. The number of carbonyl (C=O) groups is 1. The van der Waals surface area contributed by atoms with Crippen LogP contribution in [-0.2, 0) is 4.74 Å². The van der Waals surface area contributed by atoms with Gasteiger partial charge in [0.25, 0.3) is 0 Å². The maximum atomic E-state index is 11.5. The lowest BCUT2D eigenvalue weighted by atomic mass is 9.85. The van der Waals surface area contributed by atoms with Crippen LogP contribution in [0, 0.1) is 5.41 Å². The van der Waals surface area contributed by atoms with Crippen molar-refractivity contribution in [1.29, 1.82) is 0 Å². The van der Waals surface area contributed by atoms with Crippen molar-refractivity contribution in [1.82, 2.24) is 4.90 Å². The van der Waals surface area contributed by atoms with E-state index < -0.39 is 6.09 Å². The smallest absolute Gasteiger partial charge is 0.407 e. The van der Waals surface area contributed by atoms with Gasteiger partial charge in [-0.3, -0.25) is 0 Å². The SMILES string of the molecule is CCCCOCC1(CN(C(=O)O)C(C)(C)C)CCCC1. The molecule has 0 aromatic rings. The third-order valence-corrected chi connectivity index (χ3v) is 4.25. The van der Waals surface area contributed by atoms with E-state index in [1.807, 2.05) is 20.8 Å². The molecular formula is C16H31NO3. The number of hydrogen-bond acceptors (Lipinski definition) is 2. The van der Waals surface area contributed by atoms with E-state index in [4.69, 9.17) is 4.74 Å². The molecule has 0 aromatic carbocycles. The molecule has 0 spiro atoms. The van der Waals surface area contributed by atoms with Gasteiger partial charge in [0.05, 0.1) is 6.61 Å². The topological polar surface area (TPSA) is 49.8 Å². The van der Waals surface area contributed by atoms with Gasteiger partial charge in [-0.05, 0) is 40.0 Å². The van der Waals surface area contributed by atoms with Gasteiger partial charge in [-0.25, -0.2) is 4.79 Å². The van der Waals surface area contributed by atoms with E-state index in [1.165, 1.54) is 12.8 Å². The van der Waals surface area contributed by atoms with Crippen LogP contribution >= 0.6 is 0 Å². The predicted molar refractivity (Wildman–Crippen MR) is 81.1 cm³/mol. The fourth-order valence-corrected chi connectivity index (χ4v) is 2.94. The molecule has 0 bridgehead atoms. The zero-order valence-corrected chi connectivity index (χ0v) is 13.6. The summed E-state index contributed by atoms with van der Waals surface area (Å²) in [6.45, 7) is 10.1. The zero-order chi connectivity index (χ0) is 15.2. The number of nitrogens with zero attached hydrogens (tertiary/aromatic N) is 1. The third kappa shape index (κ3) is 4.97. The molecule has 0 unspecified atom stereocenters. The van der Waals surface area contributed by atoms with Crippen LogP contribution in [0.15, 0.2) is 0 Å². The molecule has 1 rings (SSSR count). The normalized spacial score (nSPS) is 18.2. The number of unbranched alkanes of at least 4 members (excludes halogenated alkanes) is 1. The molecule has 1 aliphatic rings. The summed E-state index contributed by atoms with van der Waals surface area (Å²) in [6, 6.07) is 0.